The number of benzene rings is 2. The first-order valence-electron chi connectivity index (χ1n) is 5.63. The highest BCUT2D eigenvalue weighted by molar-refractivity contribution is 6.82. The third-order valence-electron chi connectivity index (χ3n) is 2.54. The van der Waals surface area contributed by atoms with Crippen molar-refractivity contribution in [2.24, 2.45) is 0 Å². The van der Waals surface area contributed by atoms with E-state index in [2.05, 4.69) is 67.2 Å². The molecule has 0 heterocycles. The topological polar surface area (TPSA) is 9.23 Å². The van der Waals surface area contributed by atoms with Gasteiger partial charge in [0.05, 0.1) is 0 Å². The molecule has 0 fully saturated rings. The summed E-state index contributed by atoms with van der Waals surface area (Å²) < 4.78 is 6.09. The lowest BCUT2D eigenvalue weighted by molar-refractivity contribution is 0.642. The van der Waals surface area contributed by atoms with Gasteiger partial charge in [0.2, 0.25) is 9.04 Å². The van der Waals surface area contributed by atoms with Crippen LogP contribution in [0.15, 0.2) is 60.7 Å². The van der Waals surface area contributed by atoms with Gasteiger partial charge in [-0.25, -0.2) is 0 Å². The Hall–Kier alpha value is -1.17. The second-order valence-electron chi connectivity index (χ2n) is 3.66. The van der Waals surface area contributed by atoms with E-state index in [9.17, 15) is 0 Å². The maximum Gasteiger partial charge on any atom is 0.228 e. The van der Waals surface area contributed by atoms with Gasteiger partial charge in [0.15, 0.2) is 0 Å². The summed E-state index contributed by atoms with van der Waals surface area (Å²) >= 11 is 0. The lowest BCUT2D eigenvalue weighted by Gasteiger charge is -2.16. The summed E-state index contributed by atoms with van der Waals surface area (Å²) in [6, 6.07) is 21.3. The Labute approximate surface area is 101 Å². The fourth-order valence-corrected chi connectivity index (χ4v) is 6.21. The van der Waals surface area contributed by atoms with Crippen LogP contribution in [0.3, 0.4) is 0 Å². The highest BCUT2D eigenvalue weighted by Crippen LogP contribution is 1.93. The first-order chi connectivity index (χ1) is 7.92. The Bertz CT molecular complexity index is 377. The van der Waals surface area contributed by atoms with E-state index in [-0.39, 0.29) is 9.76 Å². The van der Waals surface area contributed by atoms with E-state index in [0.29, 0.717) is 0 Å². The molecule has 0 bridgehead atoms. The van der Waals surface area contributed by atoms with Crippen LogP contribution < -0.4 is 10.4 Å². The molecule has 0 N–H and O–H groups in total. The van der Waals surface area contributed by atoms with Crippen molar-refractivity contribution in [2.45, 2.75) is 6.55 Å². The van der Waals surface area contributed by atoms with Crippen molar-refractivity contribution in [3.63, 3.8) is 0 Å². The van der Waals surface area contributed by atoms with Gasteiger partial charge in [-0.05, 0) is 10.4 Å². The van der Waals surface area contributed by atoms with Crippen LogP contribution in [0.4, 0.5) is 0 Å². The zero-order valence-electron chi connectivity index (χ0n) is 9.47. The summed E-state index contributed by atoms with van der Waals surface area (Å²) in [4.78, 5) is 0. The van der Waals surface area contributed by atoms with Gasteiger partial charge in [-0.2, -0.15) is 0 Å². The van der Waals surface area contributed by atoms with Crippen molar-refractivity contribution in [1.29, 1.82) is 0 Å². The van der Waals surface area contributed by atoms with Crippen LogP contribution >= 0.6 is 0 Å². The van der Waals surface area contributed by atoms with Crippen LogP contribution in [0.5, 0.6) is 0 Å². The molecule has 0 unspecified atom stereocenters. The van der Waals surface area contributed by atoms with Gasteiger partial charge in [0.1, 0.15) is 9.76 Å². The predicted molar refractivity (Wildman–Crippen MR) is 74.8 cm³/mol. The zero-order chi connectivity index (χ0) is 11.2. The Morgan fingerprint density at radius 3 is 1.62 bits per heavy atom. The van der Waals surface area contributed by atoms with Crippen molar-refractivity contribution < 1.29 is 4.12 Å². The molecular formula is C13H16OSi2. The van der Waals surface area contributed by atoms with Crippen molar-refractivity contribution in [2.75, 3.05) is 0 Å². The summed E-state index contributed by atoms with van der Waals surface area (Å²) in [5.74, 6) is 0. The second kappa shape index (κ2) is 5.79. The summed E-state index contributed by atoms with van der Waals surface area (Å²) in [5.41, 5.74) is 0. The molecule has 0 saturated carbocycles. The monoisotopic (exact) mass is 244 g/mol. The maximum atomic E-state index is 6.09. The minimum absolute atomic E-state index is 0.359. The average Bonchev–Trinajstić information content (AvgIpc) is 2.38. The molecule has 0 radical (unpaired) electrons. The third-order valence-corrected chi connectivity index (χ3v) is 7.19. The normalized spacial score (nSPS) is 11.4. The number of rotatable bonds is 4. The summed E-state index contributed by atoms with van der Waals surface area (Å²) in [7, 11) is -1.75. The molecule has 16 heavy (non-hydrogen) atoms. The molecule has 3 heteroatoms. The molecular weight excluding hydrogens is 228 g/mol. The predicted octanol–water partition coefficient (Wildman–Crippen LogP) is 0.673. The first kappa shape index (κ1) is 11.3. The van der Waals surface area contributed by atoms with Gasteiger partial charge in [0.25, 0.3) is 0 Å². The molecule has 0 atom stereocenters. The summed E-state index contributed by atoms with van der Waals surface area (Å²) in [6.07, 6.45) is 0. The molecule has 82 valence electrons. The molecule has 0 aliphatic heterocycles. The van der Waals surface area contributed by atoms with Gasteiger partial charge >= 0.3 is 0 Å². The zero-order valence-corrected chi connectivity index (χ0v) is 12.0. The third kappa shape index (κ3) is 2.69. The van der Waals surface area contributed by atoms with E-state index in [1.165, 1.54) is 10.4 Å². The Morgan fingerprint density at radius 1 is 0.812 bits per heavy atom. The molecule has 2 aromatic rings. The van der Waals surface area contributed by atoms with Crippen LogP contribution in [0.1, 0.15) is 0 Å². The molecule has 1 nitrogen and oxygen atoms in total. The Morgan fingerprint density at radius 2 is 1.25 bits per heavy atom. The van der Waals surface area contributed by atoms with E-state index >= 15 is 0 Å². The highest BCUT2D eigenvalue weighted by atomic mass is 28.3. The number of hydrogen-bond acceptors (Lipinski definition) is 1. The van der Waals surface area contributed by atoms with E-state index in [1.807, 2.05) is 0 Å². The molecule has 0 amide bonds. The molecule has 0 spiro atoms. The van der Waals surface area contributed by atoms with Crippen molar-refractivity contribution in [3.05, 3.63) is 60.7 Å². The molecule has 0 saturated heterocycles. The van der Waals surface area contributed by atoms with Gasteiger partial charge in [-0.1, -0.05) is 67.2 Å². The van der Waals surface area contributed by atoms with Gasteiger partial charge in [-0.15, -0.1) is 0 Å². The van der Waals surface area contributed by atoms with E-state index in [1.54, 1.807) is 0 Å². The molecule has 0 aliphatic rings. The minimum Gasteiger partial charge on any atom is -0.457 e. The summed E-state index contributed by atoms with van der Waals surface area (Å²) in [6.45, 7) is 2.20. The molecule has 0 aromatic heterocycles. The molecule has 2 aromatic carbocycles. The standard InChI is InChI=1S/C13H16OSi2/c1-15-14-16(12-8-4-2-5-9-12)13-10-6-3-7-11-13/h2-11,16H,15H2,1H3. The van der Waals surface area contributed by atoms with E-state index in [0.717, 1.165) is 0 Å². The van der Waals surface area contributed by atoms with Crippen LogP contribution in [0, 0.1) is 0 Å². The van der Waals surface area contributed by atoms with Gasteiger partial charge in [0, 0.05) is 0 Å². The quantitative estimate of drug-likeness (QED) is 0.719. The molecule has 0 aliphatic carbocycles. The van der Waals surface area contributed by atoms with Crippen molar-refractivity contribution in [3.8, 4) is 0 Å². The van der Waals surface area contributed by atoms with Crippen molar-refractivity contribution >= 4 is 29.2 Å². The average molecular weight is 244 g/mol. The fraction of sp³-hybridized carbons (Fsp3) is 0.0769. The van der Waals surface area contributed by atoms with Crippen LogP contribution in [-0.2, 0) is 4.12 Å². The van der Waals surface area contributed by atoms with Crippen LogP contribution in [0.25, 0.3) is 0 Å². The largest absolute Gasteiger partial charge is 0.457 e. The summed E-state index contributed by atoms with van der Waals surface area (Å²) in [5, 5.41) is 2.76. The van der Waals surface area contributed by atoms with E-state index in [4.69, 9.17) is 4.12 Å². The lowest BCUT2D eigenvalue weighted by atomic mass is 10.4. The lowest BCUT2D eigenvalue weighted by Crippen LogP contribution is -2.45. The number of hydrogen-bond donors (Lipinski definition) is 0. The smallest absolute Gasteiger partial charge is 0.228 e. The van der Waals surface area contributed by atoms with E-state index < -0.39 is 9.04 Å². The van der Waals surface area contributed by atoms with Gasteiger partial charge < -0.3 is 4.12 Å². The molecule has 2 rings (SSSR count). The Kier molecular flexibility index (Phi) is 4.10. The minimum atomic E-state index is -1.39. The second-order valence-corrected chi connectivity index (χ2v) is 7.66. The van der Waals surface area contributed by atoms with Crippen molar-refractivity contribution in [1.82, 2.24) is 0 Å². The first-order valence-corrected chi connectivity index (χ1v) is 9.25. The van der Waals surface area contributed by atoms with Gasteiger partial charge in [-0.3, -0.25) is 0 Å². The fourth-order valence-electron chi connectivity index (χ4n) is 1.81. The Balaban J connectivity index is 2.31. The van der Waals surface area contributed by atoms with Crippen LogP contribution in [0.2, 0.25) is 6.55 Å². The van der Waals surface area contributed by atoms with Crippen LogP contribution in [-0.4, -0.2) is 18.8 Å². The SMILES string of the molecule is C[SiH2]O[SiH](c1ccccc1)c1ccccc1. The maximum absolute atomic E-state index is 6.09. The highest BCUT2D eigenvalue weighted by Gasteiger charge is 2.15.